The van der Waals surface area contributed by atoms with Gasteiger partial charge in [-0.05, 0) is 52.4 Å². The molecule has 1 aromatic rings. The van der Waals surface area contributed by atoms with Crippen molar-refractivity contribution >= 4 is 11.9 Å². The number of hydrogen-bond acceptors (Lipinski definition) is 5. The van der Waals surface area contributed by atoms with Crippen molar-refractivity contribution in [3.63, 3.8) is 0 Å². The molecule has 1 aliphatic heterocycles. The van der Waals surface area contributed by atoms with Crippen LogP contribution >= 0.6 is 0 Å². The number of piperidine rings is 1. The summed E-state index contributed by atoms with van der Waals surface area (Å²) in [7, 11) is 0. The van der Waals surface area contributed by atoms with E-state index in [-0.39, 0.29) is 12.1 Å². The van der Waals surface area contributed by atoms with E-state index < -0.39 is 5.60 Å². The topological polar surface area (TPSA) is 67.4 Å². The highest BCUT2D eigenvalue weighted by Crippen LogP contribution is 2.38. The van der Waals surface area contributed by atoms with Gasteiger partial charge in [0.2, 0.25) is 0 Å². The average molecular weight is 318 g/mol. The largest absolute Gasteiger partial charge is 0.444 e. The van der Waals surface area contributed by atoms with Crippen molar-refractivity contribution in [3.8, 4) is 0 Å². The Morgan fingerprint density at radius 2 is 1.91 bits per heavy atom. The number of fused-ring (bicyclic) bond motifs is 2. The summed E-state index contributed by atoms with van der Waals surface area (Å²) in [5, 5.41) is 3.10. The van der Waals surface area contributed by atoms with E-state index in [0.717, 1.165) is 37.4 Å². The first kappa shape index (κ1) is 16.0. The molecule has 2 fully saturated rings. The fraction of sp³-hybridized carbons (Fsp3) is 0.706. The molecule has 0 spiro atoms. The molecule has 0 unspecified atom stereocenters. The summed E-state index contributed by atoms with van der Waals surface area (Å²) >= 11 is 0. The molecule has 0 radical (unpaired) electrons. The molecular formula is C17H26N4O2. The molecular weight excluding hydrogens is 292 g/mol. The van der Waals surface area contributed by atoms with Crippen molar-refractivity contribution in [3.05, 3.63) is 18.1 Å². The highest BCUT2D eigenvalue weighted by atomic mass is 16.6. The van der Waals surface area contributed by atoms with Gasteiger partial charge in [-0.2, -0.15) is 0 Å². The van der Waals surface area contributed by atoms with E-state index >= 15 is 0 Å². The van der Waals surface area contributed by atoms with Crippen molar-refractivity contribution in [2.24, 2.45) is 11.8 Å². The molecule has 3 rings (SSSR count). The number of carbonyl (C=O) groups is 1. The SMILES string of the molecule is Cc1cc(N2C[C@H]3CC[C@@H](C2)[C@@H]3NC(=O)OC(C)(C)C)ncn1. The maximum atomic E-state index is 12.1. The number of amides is 1. The molecule has 2 aliphatic rings. The van der Waals surface area contributed by atoms with Gasteiger partial charge in [-0.1, -0.05) is 0 Å². The van der Waals surface area contributed by atoms with Gasteiger partial charge in [-0.15, -0.1) is 0 Å². The Morgan fingerprint density at radius 3 is 2.48 bits per heavy atom. The predicted molar refractivity (Wildman–Crippen MR) is 88.4 cm³/mol. The minimum absolute atomic E-state index is 0.212. The van der Waals surface area contributed by atoms with Gasteiger partial charge < -0.3 is 15.0 Å². The van der Waals surface area contributed by atoms with Crippen molar-refractivity contribution in [2.75, 3.05) is 18.0 Å². The minimum Gasteiger partial charge on any atom is -0.444 e. The van der Waals surface area contributed by atoms with Gasteiger partial charge in [0.05, 0.1) is 0 Å². The third kappa shape index (κ3) is 3.74. The monoisotopic (exact) mass is 318 g/mol. The number of aryl methyl sites for hydroxylation is 1. The standard InChI is InChI=1S/C17H26N4O2/c1-11-7-14(19-10-18-11)21-8-12-5-6-13(9-21)15(12)20-16(22)23-17(2,3)4/h7,10,12-13,15H,5-6,8-9H2,1-4H3,(H,20,22)/t12-,13+,15-. The Bertz CT molecular complexity index is 570. The summed E-state index contributed by atoms with van der Waals surface area (Å²) in [5.41, 5.74) is 0.527. The molecule has 0 aromatic carbocycles. The molecule has 6 nitrogen and oxygen atoms in total. The van der Waals surface area contributed by atoms with Crippen LogP contribution in [0.2, 0.25) is 0 Å². The summed E-state index contributed by atoms with van der Waals surface area (Å²) in [6.07, 6.45) is 3.61. The number of hydrogen-bond donors (Lipinski definition) is 1. The van der Waals surface area contributed by atoms with Gasteiger partial charge in [-0.3, -0.25) is 0 Å². The smallest absolute Gasteiger partial charge is 0.407 e. The lowest BCUT2D eigenvalue weighted by Crippen LogP contribution is -2.53. The summed E-state index contributed by atoms with van der Waals surface area (Å²) in [4.78, 5) is 23.0. The highest BCUT2D eigenvalue weighted by molar-refractivity contribution is 5.68. The Hall–Kier alpha value is -1.85. The molecule has 3 atom stereocenters. The molecule has 126 valence electrons. The zero-order valence-electron chi connectivity index (χ0n) is 14.4. The van der Waals surface area contributed by atoms with Gasteiger partial charge in [-0.25, -0.2) is 14.8 Å². The van der Waals surface area contributed by atoms with E-state index in [1.165, 1.54) is 0 Å². The highest BCUT2D eigenvalue weighted by Gasteiger charge is 2.43. The second kappa shape index (κ2) is 5.98. The summed E-state index contributed by atoms with van der Waals surface area (Å²) in [5.74, 6) is 1.90. The van der Waals surface area contributed by atoms with Crippen LogP contribution in [0.5, 0.6) is 0 Å². The van der Waals surface area contributed by atoms with Crippen LogP contribution in [0.1, 0.15) is 39.3 Å². The molecule has 1 saturated carbocycles. The summed E-state index contributed by atoms with van der Waals surface area (Å²) < 4.78 is 5.41. The maximum Gasteiger partial charge on any atom is 0.407 e. The Balaban J connectivity index is 1.64. The number of rotatable bonds is 2. The van der Waals surface area contributed by atoms with Gasteiger partial charge in [0.1, 0.15) is 17.7 Å². The number of alkyl carbamates (subject to hydrolysis) is 1. The fourth-order valence-electron chi connectivity index (χ4n) is 3.70. The number of nitrogens with one attached hydrogen (secondary N) is 1. The zero-order valence-corrected chi connectivity index (χ0v) is 14.4. The zero-order chi connectivity index (χ0) is 16.6. The lowest BCUT2D eigenvalue weighted by Gasteiger charge is -2.39. The molecule has 2 bridgehead atoms. The number of ether oxygens (including phenoxy) is 1. The van der Waals surface area contributed by atoms with Crippen LogP contribution in [0.4, 0.5) is 10.6 Å². The molecule has 1 N–H and O–H groups in total. The van der Waals surface area contributed by atoms with Crippen molar-refractivity contribution in [1.29, 1.82) is 0 Å². The van der Waals surface area contributed by atoms with Gasteiger partial charge in [0.15, 0.2) is 0 Å². The van der Waals surface area contributed by atoms with E-state index in [1.54, 1.807) is 6.33 Å². The molecule has 1 amide bonds. The number of nitrogens with zero attached hydrogens (tertiary/aromatic N) is 3. The summed E-state index contributed by atoms with van der Waals surface area (Å²) in [6.45, 7) is 9.50. The Morgan fingerprint density at radius 1 is 1.26 bits per heavy atom. The van der Waals surface area contributed by atoms with E-state index in [0.29, 0.717) is 11.8 Å². The lowest BCUT2D eigenvalue weighted by molar-refractivity contribution is 0.0472. The first-order valence-corrected chi connectivity index (χ1v) is 8.35. The molecule has 23 heavy (non-hydrogen) atoms. The molecule has 1 aliphatic carbocycles. The van der Waals surface area contributed by atoms with E-state index in [9.17, 15) is 4.79 Å². The van der Waals surface area contributed by atoms with Crippen LogP contribution in [0.15, 0.2) is 12.4 Å². The van der Waals surface area contributed by atoms with Crippen LogP contribution < -0.4 is 10.2 Å². The molecule has 1 aromatic heterocycles. The van der Waals surface area contributed by atoms with Crippen LogP contribution in [-0.2, 0) is 4.74 Å². The van der Waals surface area contributed by atoms with Crippen LogP contribution in [-0.4, -0.2) is 40.8 Å². The molecule has 1 saturated heterocycles. The van der Waals surface area contributed by atoms with Crippen LogP contribution in [0.25, 0.3) is 0 Å². The number of carbonyl (C=O) groups excluding carboxylic acids is 1. The van der Waals surface area contributed by atoms with Gasteiger partial charge in [0, 0.05) is 30.9 Å². The quantitative estimate of drug-likeness (QED) is 0.907. The Labute approximate surface area is 137 Å². The van der Waals surface area contributed by atoms with Crippen molar-refractivity contribution < 1.29 is 9.53 Å². The van der Waals surface area contributed by atoms with Crippen LogP contribution in [0.3, 0.4) is 0 Å². The summed E-state index contributed by atoms with van der Waals surface area (Å²) in [6, 6.07) is 2.24. The third-order valence-electron chi connectivity index (χ3n) is 4.63. The van der Waals surface area contributed by atoms with Crippen LogP contribution in [0, 0.1) is 18.8 Å². The minimum atomic E-state index is -0.456. The van der Waals surface area contributed by atoms with Crippen molar-refractivity contribution in [2.45, 2.75) is 52.2 Å². The van der Waals surface area contributed by atoms with E-state index in [4.69, 9.17) is 4.74 Å². The maximum absolute atomic E-state index is 12.1. The molecule has 2 heterocycles. The van der Waals surface area contributed by atoms with Crippen molar-refractivity contribution in [1.82, 2.24) is 15.3 Å². The third-order valence-corrected chi connectivity index (χ3v) is 4.63. The fourth-order valence-corrected chi connectivity index (χ4v) is 3.70. The first-order valence-electron chi connectivity index (χ1n) is 8.35. The second-order valence-corrected chi connectivity index (χ2v) is 7.69. The molecule has 6 heteroatoms. The van der Waals surface area contributed by atoms with Gasteiger partial charge >= 0.3 is 6.09 Å². The van der Waals surface area contributed by atoms with Gasteiger partial charge in [0.25, 0.3) is 0 Å². The second-order valence-electron chi connectivity index (χ2n) is 7.69. The number of anilines is 1. The van der Waals surface area contributed by atoms with E-state index in [1.807, 2.05) is 33.8 Å². The Kier molecular flexibility index (Phi) is 4.17. The lowest BCUT2D eigenvalue weighted by atomic mass is 9.92. The number of aromatic nitrogens is 2. The average Bonchev–Trinajstić information content (AvgIpc) is 2.68. The predicted octanol–water partition coefficient (Wildman–Crippen LogP) is 2.52. The normalized spacial score (nSPS) is 27.0. The van der Waals surface area contributed by atoms with E-state index in [2.05, 4.69) is 20.2 Å². The first-order chi connectivity index (χ1) is 10.8.